The Balaban J connectivity index is 1.56. The van der Waals surface area contributed by atoms with E-state index in [0.717, 1.165) is 43.5 Å². The van der Waals surface area contributed by atoms with Gasteiger partial charge in [-0.25, -0.2) is 15.0 Å². The van der Waals surface area contributed by atoms with Gasteiger partial charge in [0.25, 0.3) is 5.91 Å². The van der Waals surface area contributed by atoms with Crippen molar-refractivity contribution >= 4 is 50.9 Å². The van der Waals surface area contributed by atoms with Gasteiger partial charge in [0.05, 0.1) is 17.3 Å². The number of rotatable bonds is 1. The lowest BCUT2D eigenvalue weighted by molar-refractivity contribution is 0.0953. The highest BCUT2D eigenvalue weighted by molar-refractivity contribution is 8.00. The lowest BCUT2D eigenvalue weighted by Crippen LogP contribution is -2.25. The Labute approximate surface area is 193 Å². The summed E-state index contributed by atoms with van der Waals surface area (Å²) >= 11 is 3.02. The number of nitrogens with one attached hydrogen (secondary N) is 3. The second-order valence-electron chi connectivity index (χ2n) is 7.10. The van der Waals surface area contributed by atoms with E-state index in [1.165, 1.54) is 11.9 Å². The maximum absolute atomic E-state index is 12.5. The second-order valence-corrected chi connectivity index (χ2v) is 9.03. The second kappa shape index (κ2) is 9.01. The molecule has 0 spiro atoms. The van der Waals surface area contributed by atoms with Crippen LogP contribution in [0.25, 0.3) is 20.7 Å². The predicted octanol–water partition coefficient (Wildman–Crippen LogP) is 4.43. The molecule has 1 amide bonds. The highest BCUT2D eigenvalue weighted by Crippen LogP contribution is 2.38. The molecule has 0 radical (unpaired) electrons. The number of fused-ring (bicyclic) bond motifs is 6. The number of anilines is 2. The fourth-order valence-corrected chi connectivity index (χ4v) is 5.12. The van der Waals surface area contributed by atoms with Crippen LogP contribution in [0.15, 0.2) is 53.8 Å². The molecule has 0 saturated heterocycles. The average molecular weight is 465 g/mol. The zero-order valence-corrected chi connectivity index (χ0v) is 18.8. The van der Waals surface area contributed by atoms with Gasteiger partial charge < -0.3 is 20.1 Å². The van der Waals surface area contributed by atoms with Crippen LogP contribution in [0.3, 0.4) is 0 Å². The molecular formula is C22H20N6O2S2. The van der Waals surface area contributed by atoms with E-state index in [1.807, 2.05) is 36.4 Å². The zero-order valence-electron chi connectivity index (χ0n) is 17.2. The molecule has 1 aliphatic heterocycles. The van der Waals surface area contributed by atoms with Crippen LogP contribution in [0.4, 0.5) is 11.5 Å². The number of nitrogens with zero attached hydrogens (tertiary/aromatic N) is 3. The van der Waals surface area contributed by atoms with Crippen LogP contribution in [0, 0.1) is 0 Å². The van der Waals surface area contributed by atoms with Gasteiger partial charge >= 0.3 is 0 Å². The molecule has 0 atom stereocenters. The standard InChI is InChI=1S/C22H20N6O2S2/c1-30-22-17-9-14(11-25-22)18-10-16-19(31-18)20(27-12-26-16)23-6-3-7-24-21(29)13-4-2-5-15(8-13)32-28-17/h2,4-5,8-12,28H,3,6-7H2,1H3,(H,24,29)(H,23,26,27). The topological polar surface area (TPSA) is 101 Å². The van der Waals surface area contributed by atoms with E-state index in [0.29, 0.717) is 24.5 Å². The minimum absolute atomic E-state index is 0.0952. The van der Waals surface area contributed by atoms with Crippen molar-refractivity contribution in [3.63, 3.8) is 0 Å². The van der Waals surface area contributed by atoms with Crippen LogP contribution in [-0.4, -0.2) is 41.1 Å². The Hall–Kier alpha value is -3.37. The molecule has 0 aliphatic carbocycles. The molecule has 1 aliphatic rings. The first-order valence-electron chi connectivity index (χ1n) is 10.1. The van der Waals surface area contributed by atoms with E-state index in [9.17, 15) is 4.79 Å². The number of thiophene rings is 1. The maximum Gasteiger partial charge on any atom is 0.251 e. The van der Waals surface area contributed by atoms with Crippen molar-refractivity contribution in [2.45, 2.75) is 11.3 Å². The minimum Gasteiger partial charge on any atom is -0.480 e. The molecule has 4 aromatic rings. The molecule has 1 aromatic carbocycles. The summed E-state index contributed by atoms with van der Waals surface area (Å²) in [5.74, 6) is 1.19. The Morgan fingerprint density at radius 1 is 1.03 bits per heavy atom. The number of hydrogen-bond acceptors (Lipinski definition) is 9. The molecule has 8 nitrogen and oxygen atoms in total. The summed E-state index contributed by atoms with van der Waals surface area (Å²) in [6.07, 6.45) is 4.13. The fourth-order valence-electron chi connectivity index (χ4n) is 3.36. The highest BCUT2D eigenvalue weighted by Gasteiger charge is 2.14. The summed E-state index contributed by atoms with van der Waals surface area (Å²) < 4.78 is 9.75. The third kappa shape index (κ3) is 4.19. The summed E-state index contributed by atoms with van der Waals surface area (Å²) in [5.41, 5.74) is 3.20. The van der Waals surface area contributed by atoms with Crippen LogP contribution in [0.5, 0.6) is 5.88 Å². The Bertz CT molecular complexity index is 1290. The van der Waals surface area contributed by atoms with Crippen LogP contribution >= 0.6 is 23.3 Å². The number of carbonyl (C=O) groups excluding carboxylic acids is 1. The number of pyridine rings is 1. The summed E-state index contributed by atoms with van der Waals surface area (Å²) in [4.78, 5) is 27.8. The average Bonchev–Trinajstić information content (AvgIpc) is 3.27. The van der Waals surface area contributed by atoms with Gasteiger partial charge in [0, 0.05) is 40.2 Å². The normalized spacial score (nSPS) is 14.1. The number of aromatic nitrogens is 3. The van der Waals surface area contributed by atoms with Gasteiger partial charge in [0.15, 0.2) is 0 Å². The van der Waals surface area contributed by atoms with E-state index in [-0.39, 0.29) is 5.91 Å². The van der Waals surface area contributed by atoms with Gasteiger partial charge in [-0.1, -0.05) is 6.07 Å². The molecular weight excluding hydrogens is 444 g/mol. The van der Waals surface area contributed by atoms with Crippen molar-refractivity contribution in [2.75, 3.05) is 30.2 Å². The van der Waals surface area contributed by atoms with E-state index in [4.69, 9.17) is 4.74 Å². The number of methoxy groups -OCH3 is 1. The summed E-state index contributed by atoms with van der Waals surface area (Å²) in [5, 5.41) is 6.35. The van der Waals surface area contributed by atoms with Gasteiger partial charge in [-0.2, -0.15) is 0 Å². The molecule has 0 unspecified atom stereocenters. The molecule has 3 N–H and O–H groups in total. The van der Waals surface area contributed by atoms with Crippen molar-refractivity contribution in [3.8, 4) is 16.3 Å². The van der Waals surface area contributed by atoms with E-state index in [2.05, 4.69) is 30.3 Å². The molecule has 5 rings (SSSR count). The van der Waals surface area contributed by atoms with Gasteiger partial charge in [-0.3, -0.25) is 4.79 Å². The number of benzene rings is 1. The number of carbonyl (C=O) groups is 1. The smallest absolute Gasteiger partial charge is 0.251 e. The zero-order chi connectivity index (χ0) is 21.9. The third-order valence-corrected chi connectivity index (χ3v) is 6.94. The first-order valence-corrected chi connectivity index (χ1v) is 11.7. The first-order chi connectivity index (χ1) is 15.7. The number of hydrogen-bond donors (Lipinski definition) is 3. The van der Waals surface area contributed by atoms with Crippen LogP contribution in [0.1, 0.15) is 16.8 Å². The van der Waals surface area contributed by atoms with Crippen molar-refractivity contribution < 1.29 is 9.53 Å². The molecule has 10 heteroatoms. The monoisotopic (exact) mass is 464 g/mol. The Morgan fingerprint density at radius 2 is 1.94 bits per heavy atom. The maximum atomic E-state index is 12.5. The van der Waals surface area contributed by atoms with Gasteiger partial charge in [0.1, 0.15) is 17.8 Å². The molecule has 4 heterocycles. The third-order valence-electron chi connectivity index (χ3n) is 4.95. The van der Waals surface area contributed by atoms with Crippen LogP contribution < -0.4 is 20.1 Å². The first kappa shape index (κ1) is 20.5. The Kier molecular flexibility index (Phi) is 5.78. The number of amides is 1. The summed E-state index contributed by atoms with van der Waals surface area (Å²) in [7, 11) is 1.59. The van der Waals surface area contributed by atoms with Crippen LogP contribution in [0.2, 0.25) is 0 Å². The molecule has 0 fully saturated rings. The molecule has 6 bridgehead atoms. The Morgan fingerprint density at radius 3 is 2.84 bits per heavy atom. The largest absolute Gasteiger partial charge is 0.480 e. The minimum atomic E-state index is -0.0952. The van der Waals surface area contributed by atoms with E-state index >= 15 is 0 Å². The quantitative estimate of drug-likeness (QED) is 0.356. The van der Waals surface area contributed by atoms with Crippen LogP contribution in [-0.2, 0) is 0 Å². The van der Waals surface area contributed by atoms with E-state index in [1.54, 1.807) is 31.0 Å². The van der Waals surface area contributed by atoms with Crippen molar-refractivity contribution in [2.24, 2.45) is 0 Å². The van der Waals surface area contributed by atoms with Crippen molar-refractivity contribution in [3.05, 3.63) is 54.5 Å². The molecule has 0 saturated carbocycles. The predicted molar refractivity (Wildman–Crippen MR) is 129 cm³/mol. The van der Waals surface area contributed by atoms with E-state index < -0.39 is 0 Å². The fraction of sp³-hybridized carbons (Fsp3) is 0.182. The van der Waals surface area contributed by atoms with Gasteiger partial charge in [-0.05, 0) is 48.7 Å². The van der Waals surface area contributed by atoms with Crippen molar-refractivity contribution in [1.29, 1.82) is 0 Å². The SMILES string of the molecule is COc1ncc2cc1NSc1cccc(c1)C(=O)NCCCNc1ncnc3cc-2sc13. The van der Waals surface area contributed by atoms with Crippen molar-refractivity contribution in [1.82, 2.24) is 20.3 Å². The summed E-state index contributed by atoms with van der Waals surface area (Å²) in [6, 6.07) is 11.5. The molecule has 3 aromatic heterocycles. The lowest BCUT2D eigenvalue weighted by Gasteiger charge is -2.12. The lowest BCUT2D eigenvalue weighted by atomic mass is 10.2. The van der Waals surface area contributed by atoms with Gasteiger partial charge in [0.2, 0.25) is 5.88 Å². The summed E-state index contributed by atoms with van der Waals surface area (Å²) in [6.45, 7) is 1.26. The number of ether oxygens (including phenoxy) is 1. The highest BCUT2D eigenvalue weighted by atomic mass is 32.2. The molecule has 32 heavy (non-hydrogen) atoms. The van der Waals surface area contributed by atoms with Gasteiger partial charge in [-0.15, -0.1) is 11.3 Å². The molecule has 162 valence electrons.